The molecule has 0 aromatic carbocycles. The van der Waals surface area contributed by atoms with E-state index in [1.54, 1.807) is 0 Å². The fourth-order valence-corrected chi connectivity index (χ4v) is 0.445. The lowest BCUT2D eigenvalue weighted by atomic mass is 10.2. The van der Waals surface area contributed by atoms with Crippen molar-refractivity contribution >= 4 is 23.7 Å². The van der Waals surface area contributed by atoms with E-state index in [0.717, 1.165) is 13.3 Å². The minimum atomic E-state index is -2.87. The third-order valence-electron chi connectivity index (χ3n) is 1.18. The van der Waals surface area contributed by atoms with Gasteiger partial charge in [-0.1, -0.05) is 0 Å². The largest absolute Gasteiger partial charge is 0.283 e. The van der Waals surface area contributed by atoms with Crippen LogP contribution in [0.3, 0.4) is 0 Å². The molecule has 0 unspecified atom stereocenters. The molecule has 0 radical (unpaired) electrons. The van der Waals surface area contributed by atoms with Gasteiger partial charge in [-0.25, -0.2) is 13.8 Å². The lowest BCUT2D eigenvalue weighted by Gasteiger charge is -2.06. The standard InChI is InChI=1S/C7H11ClF2N2/c1-6(7(2,9)10)12-5-11-4-3-8/h5H,3-4H2,1-2H3/b11-5-,12-6+. The van der Waals surface area contributed by atoms with E-state index in [-0.39, 0.29) is 5.71 Å². The highest BCUT2D eigenvalue weighted by Gasteiger charge is 2.24. The topological polar surface area (TPSA) is 24.7 Å². The van der Waals surface area contributed by atoms with Crippen molar-refractivity contribution in [1.82, 2.24) is 0 Å². The Morgan fingerprint density at radius 3 is 2.58 bits per heavy atom. The van der Waals surface area contributed by atoms with Crippen molar-refractivity contribution in [2.45, 2.75) is 19.8 Å². The summed E-state index contributed by atoms with van der Waals surface area (Å²) >= 11 is 5.30. The quantitative estimate of drug-likeness (QED) is 0.375. The van der Waals surface area contributed by atoms with Crippen LogP contribution < -0.4 is 0 Å². The molecule has 0 amide bonds. The van der Waals surface area contributed by atoms with E-state index in [0.29, 0.717) is 12.4 Å². The van der Waals surface area contributed by atoms with E-state index in [4.69, 9.17) is 11.6 Å². The Morgan fingerprint density at radius 2 is 2.17 bits per heavy atom. The molecule has 0 aliphatic rings. The summed E-state index contributed by atoms with van der Waals surface area (Å²) in [4.78, 5) is 7.11. The van der Waals surface area contributed by atoms with Crippen LogP contribution in [0.1, 0.15) is 13.8 Å². The molecule has 0 atom stereocenters. The molecule has 0 bridgehead atoms. The molecule has 0 saturated heterocycles. The highest BCUT2D eigenvalue weighted by molar-refractivity contribution is 6.18. The van der Waals surface area contributed by atoms with Crippen LogP contribution in [-0.4, -0.2) is 30.4 Å². The predicted octanol–water partition coefficient (Wildman–Crippen LogP) is 2.37. The van der Waals surface area contributed by atoms with Gasteiger partial charge in [0.2, 0.25) is 0 Å². The van der Waals surface area contributed by atoms with Crippen molar-refractivity contribution in [3.63, 3.8) is 0 Å². The maximum Gasteiger partial charge on any atom is 0.283 e. The molecular weight excluding hydrogens is 186 g/mol. The Hall–Kier alpha value is -0.510. The van der Waals surface area contributed by atoms with Gasteiger partial charge in [-0.15, -0.1) is 11.6 Å². The van der Waals surface area contributed by atoms with Crippen LogP contribution in [0.25, 0.3) is 0 Å². The smallest absolute Gasteiger partial charge is 0.272 e. The second-order valence-electron chi connectivity index (χ2n) is 2.31. The van der Waals surface area contributed by atoms with Gasteiger partial charge in [0.1, 0.15) is 6.34 Å². The Balaban J connectivity index is 4.01. The predicted molar refractivity (Wildman–Crippen MR) is 47.8 cm³/mol. The van der Waals surface area contributed by atoms with Gasteiger partial charge in [0.05, 0.1) is 12.3 Å². The summed E-state index contributed by atoms with van der Waals surface area (Å²) in [7, 11) is 0. The average molecular weight is 197 g/mol. The fourth-order valence-electron chi connectivity index (χ4n) is 0.347. The molecule has 12 heavy (non-hydrogen) atoms. The van der Waals surface area contributed by atoms with E-state index < -0.39 is 5.92 Å². The van der Waals surface area contributed by atoms with Gasteiger partial charge in [0, 0.05) is 12.8 Å². The minimum Gasteiger partial charge on any atom is -0.272 e. The lowest BCUT2D eigenvalue weighted by molar-refractivity contribution is 0.1000. The third kappa shape index (κ3) is 5.18. The molecule has 0 spiro atoms. The van der Waals surface area contributed by atoms with Crippen LogP contribution in [0, 0.1) is 0 Å². The van der Waals surface area contributed by atoms with Gasteiger partial charge in [-0.2, -0.15) is 0 Å². The third-order valence-corrected chi connectivity index (χ3v) is 1.35. The fraction of sp³-hybridized carbons (Fsp3) is 0.714. The molecule has 0 aromatic heterocycles. The highest BCUT2D eigenvalue weighted by Crippen LogP contribution is 2.13. The second kappa shape index (κ2) is 5.19. The van der Waals surface area contributed by atoms with Crippen LogP contribution >= 0.6 is 11.6 Å². The molecule has 0 aliphatic heterocycles. The summed E-state index contributed by atoms with van der Waals surface area (Å²) in [6, 6.07) is 0. The Bertz CT molecular complexity index is 184. The first-order valence-electron chi connectivity index (χ1n) is 3.45. The Morgan fingerprint density at radius 1 is 1.58 bits per heavy atom. The molecule has 0 fully saturated rings. The van der Waals surface area contributed by atoms with Crippen LogP contribution in [0.15, 0.2) is 9.98 Å². The highest BCUT2D eigenvalue weighted by atomic mass is 35.5. The van der Waals surface area contributed by atoms with E-state index in [9.17, 15) is 8.78 Å². The summed E-state index contributed by atoms with van der Waals surface area (Å²) in [5.74, 6) is -2.50. The monoisotopic (exact) mass is 196 g/mol. The zero-order valence-electron chi connectivity index (χ0n) is 7.02. The number of halogens is 3. The number of aliphatic imine (C=N–C) groups is 2. The van der Waals surface area contributed by atoms with Gasteiger partial charge in [0.25, 0.3) is 5.92 Å². The molecule has 5 heteroatoms. The van der Waals surface area contributed by atoms with Crippen LogP contribution in [-0.2, 0) is 0 Å². The summed E-state index contributed by atoms with van der Waals surface area (Å²) < 4.78 is 24.8. The average Bonchev–Trinajstić information content (AvgIpc) is 1.96. The summed E-state index contributed by atoms with van der Waals surface area (Å²) in [6.07, 6.45) is 1.11. The second-order valence-corrected chi connectivity index (χ2v) is 2.69. The number of hydrogen-bond donors (Lipinski definition) is 0. The van der Waals surface area contributed by atoms with Gasteiger partial charge in [-0.05, 0) is 6.92 Å². The van der Waals surface area contributed by atoms with Crippen molar-refractivity contribution in [2.24, 2.45) is 9.98 Å². The van der Waals surface area contributed by atoms with Crippen molar-refractivity contribution in [1.29, 1.82) is 0 Å². The first kappa shape index (κ1) is 11.5. The van der Waals surface area contributed by atoms with Crippen molar-refractivity contribution in [3.8, 4) is 0 Å². The van der Waals surface area contributed by atoms with Crippen LogP contribution in [0.2, 0.25) is 0 Å². The number of nitrogens with zero attached hydrogens (tertiary/aromatic N) is 2. The van der Waals surface area contributed by atoms with Gasteiger partial charge >= 0.3 is 0 Å². The maximum atomic E-state index is 12.4. The number of rotatable bonds is 4. The number of hydrogen-bond acceptors (Lipinski definition) is 1. The Kier molecular flexibility index (Phi) is 4.97. The van der Waals surface area contributed by atoms with E-state index in [1.807, 2.05) is 0 Å². The number of alkyl halides is 3. The van der Waals surface area contributed by atoms with Crippen molar-refractivity contribution in [2.75, 3.05) is 12.4 Å². The Labute approximate surface area is 75.4 Å². The molecule has 0 N–H and O–H groups in total. The molecule has 0 heterocycles. The molecule has 0 aliphatic carbocycles. The molecule has 70 valence electrons. The minimum absolute atomic E-state index is 0.249. The normalized spacial score (nSPS) is 14.2. The van der Waals surface area contributed by atoms with Gasteiger partial charge < -0.3 is 0 Å². The van der Waals surface area contributed by atoms with Crippen molar-refractivity contribution in [3.05, 3.63) is 0 Å². The van der Waals surface area contributed by atoms with Gasteiger partial charge in [-0.3, -0.25) is 4.99 Å². The summed E-state index contributed by atoms with van der Waals surface area (Å²) in [5, 5.41) is 0. The molecule has 2 nitrogen and oxygen atoms in total. The first-order chi connectivity index (χ1) is 5.48. The molecular formula is C7H11ClF2N2. The zero-order valence-corrected chi connectivity index (χ0v) is 7.78. The first-order valence-corrected chi connectivity index (χ1v) is 3.99. The van der Waals surface area contributed by atoms with E-state index in [2.05, 4.69) is 9.98 Å². The van der Waals surface area contributed by atoms with E-state index in [1.165, 1.54) is 6.92 Å². The molecule has 0 saturated carbocycles. The van der Waals surface area contributed by atoms with Crippen molar-refractivity contribution < 1.29 is 8.78 Å². The molecule has 0 aromatic rings. The SMILES string of the molecule is C/C(=N\C=N/CCCl)C(C)(F)F. The van der Waals surface area contributed by atoms with Crippen LogP contribution in [0.5, 0.6) is 0 Å². The zero-order chi connectivity index (χ0) is 9.61. The maximum absolute atomic E-state index is 12.4. The van der Waals surface area contributed by atoms with E-state index >= 15 is 0 Å². The van der Waals surface area contributed by atoms with Gasteiger partial charge in [0.15, 0.2) is 0 Å². The molecule has 0 rings (SSSR count). The summed E-state index contributed by atoms with van der Waals surface area (Å²) in [5.41, 5.74) is -0.249. The lowest BCUT2D eigenvalue weighted by Crippen LogP contribution is -2.21. The summed E-state index contributed by atoms with van der Waals surface area (Å²) in [6.45, 7) is 2.45. The van der Waals surface area contributed by atoms with Crippen LogP contribution in [0.4, 0.5) is 8.78 Å².